The number of carbonyl (C=O) groups is 1. The summed E-state index contributed by atoms with van der Waals surface area (Å²) in [5.74, 6) is 0.156. The van der Waals surface area contributed by atoms with Gasteiger partial charge in [0.05, 0.1) is 18.5 Å². The second-order valence-corrected chi connectivity index (χ2v) is 7.24. The van der Waals surface area contributed by atoms with Crippen LogP contribution >= 0.6 is 0 Å². The smallest absolute Gasteiger partial charge is 0.270 e. The van der Waals surface area contributed by atoms with Crippen molar-refractivity contribution in [2.24, 2.45) is 0 Å². The lowest BCUT2D eigenvalue weighted by atomic mass is 10.1. The summed E-state index contributed by atoms with van der Waals surface area (Å²) in [6, 6.07) is 15.0. The van der Waals surface area contributed by atoms with E-state index in [9.17, 15) is 9.18 Å². The first-order chi connectivity index (χ1) is 12.8. The largest absolute Gasteiger partial charge is 0.497 e. The maximum absolute atomic E-state index is 13.2. The van der Waals surface area contributed by atoms with Crippen LogP contribution in [0, 0.1) is 5.82 Å². The highest BCUT2D eigenvalue weighted by Crippen LogP contribution is 2.23. The SMILES string of the molecule is COc1ccc(-n2nc(-c3ccc(F)cc3)cc2C(=O)NC(C)(C)C)cc1. The summed E-state index contributed by atoms with van der Waals surface area (Å²) >= 11 is 0. The number of benzene rings is 2. The number of nitrogens with one attached hydrogen (secondary N) is 1. The van der Waals surface area contributed by atoms with Crippen LogP contribution in [0.2, 0.25) is 0 Å². The van der Waals surface area contributed by atoms with E-state index in [-0.39, 0.29) is 17.3 Å². The predicted octanol–water partition coefficient (Wildman–Crippen LogP) is 4.22. The topological polar surface area (TPSA) is 56.2 Å². The Balaban J connectivity index is 2.08. The molecular formula is C21H22FN3O2. The molecule has 1 amide bonds. The van der Waals surface area contributed by atoms with Crippen molar-refractivity contribution in [3.8, 4) is 22.7 Å². The fourth-order valence-corrected chi connectivity index (χ4v) is 2.63. The van der Waals surface area contributed by atoms with Gasteiger partial charge in [0.2, 0.25) is 0 Å². The third-order valence-electron chi connectivity index (χ3n) is 3.89. The van der Waals surface area contributed by atoms with Crippen LogP contribution in [0.1, 0.15) is 31.3 Å². The quantitative estimate of drug-likeness (QED) is 0.751. The third kappa shape index (κ3) is 4.34. The van der Waals surface area contributed by atoms with Gasteiger partial charge in [-0.2, -0.15) is 5.10 Å². The van der Waals surface area contributed by atoms with E-state index >= 15 is 0 Å². The van der Waals surface area contributed by atoms with Crippen molar-refractivity contribution in [1.29, 1.82) is 0 Å². The molecule has 1 N–H and O–H groups in total. The third-order valence-corrected chi connectivity index (χ3v) is 3.89. The lowest BCUT2D eigenvalue weighted by Gasteiger charge is -2.20. The van der Waals surface area contributed by atoms with Gasteiger partial charge in [-0.05, 0) is 75.4 Å². The molecule has 0 aliphatic rings. The molecular weight excluding hydrogens is 345 g/mol. The molecule has 0 saturated carbocycles. The van der Waals surface area contributed by atoms with Gasteiger partial charge >= 0.3 is 0 Å². The Morgan fingerprint density at radius 1 is 1.07 bits per heavy atom. The molecule has 0 bridgehead atoms. The molecule has 1 heterocycles. The average molecular weight is 367 g/mol. The normalized spacial score (nSPS) is 11.3. The number of methoxy groups -OCH3 is 1. The van der Waals surface area contributed by atoms with E-state index < -0.39 is 0 Å². The molecule has 0 radical (unpaired) electrons. The number of nitrogens with zero attached hydrogens (tertiary/aromatic N) is 2. The van der Waals surface area contributed by atoms with Gasteiger partial charge < -0.3 is 10.1 Å². The van der Waals surface area contributed by atoms with Crippen LogP contribution in [0.3, 0.4) is 0 Å². The number of hydrogen-bond acceptors (Lipinski definition) is 3. The Hall–Kier alpha value is -3.15. The maximum Gasteiger partial charge on any atom is 0.270 e. The van der Waals surface area contributed by atoms with Crippen LogP contribution < -0.4 is 10.1 Å². The van der Waals surface area contributed by atoms with Gasteiger partial charge in [0.25, 0.3) is 5.91 Å². The number of aromatic nitrogens is 2. The Labute approximate surface area is 157 Å². The summed E-state index contributed by atoms with van der Waals surface area (Å²) in [5.41, 5.74) is 2.05. The van der Waals surface area contributed by atoms with Crippen molar-refractivity contribution in [1.82, 2.24) is 15.1 Å². The fraction of sp³-hybridized carbons (Fsp3) is 0.238. The van der Waals surface area contributed by atoms with Crippen LogP contribution in [0.5, 0.6) is 5.75 Å². The van der Waals surface area contributed by atoms with Crippen molar-refractivity contribution in [2.75, 3.05) is 7.11 Å². The van der Waals surface area contributed by atoms with Gasteiger partial charge in [-0.3, -0.25) is 4.79 Å². The van der Waals surface area contributed by atoms with Gasteiger partial charge in [0.15, 0.2) is 0 Å². The standard InChI is InChI=1S/C21H22FN3O2/c1-21(2,3)23-20(26)19-13-18(14-5-7-15(22)8-6-14)24-25(19)16-9-11-17(27-4)12-10-16/h5-13H,1-4H3,(H,23,26). The van der Waals surface area contributed by atoms with Crippen molar-refractivity contribution in [3.05, 3.63) is 66.1 Å². The molecule has 3 aromatic rings. The first kappa shape index (κ1) is 18.6. The molecule has 0 spiro atoms. The Kier molecular flexibility index (Phi) is 4.99. The molecule has 1 aromatic heterocycles. The number of ether oxygens (including phenoxy) is 1. The molecule has 6 heteroatoms. The summed E-state index contributed by atoms with van der Waals surface area (Å²) in [6.07, 6.45) is 0. The number of halogens is 1. The van der Waals surface area contributed by atoms with Crippen molar-refractivity contribution in [2.45, 2.75) is 26.3 Å². The highest BCUT2D eigenvalue weighted by Gasteiger charge is 2.21. The minimum absolute atomic E-state index is 0.237. The molecule has 2 aromatic carbocycles. The van der Waals surface area contributed by atoms with Crippen molar-refractivity contribution in [3.63, 3.8) is 0 Å². The molecule has 5 nitrogen and oxygen atoms in total. The lowest BCUT2D eigenvalue weighted by molar-refractivity contribution is 0.0911. The zero-order valence-electron chi connectivity index (χ0n) is 15.8. The summed E-state index contributed by atoms with van der Waals surface area (Å²) in [6.45, 7) is 5.75. The summed E-state index contributed by atoms with van der Waals surface area (Å²) < 4.78 is 20.0. The highest BCUT2D eigenvalue weighted by molar-refractivity contribution is 5.94. The molecule has 0 atom stereocenters. The minimum atomic E-state index is -0.387. The second kappa shape index (κ2) is 7.23. The van der Waals surface area contributed by atoms with E-state index in [4.69, 9.17) is 4.74 Å². The average Bonchev–Trinajstić information content (AvgIpc) is 3.06. The van der Waals surface area contributed by atoms with Gasteiger partial charge in [0.1, 0.15) is 17.3 Å². The summed E-state index contributed by atoms with van der Waals surface area (Å²) in [7, 11) is 1.60. The van der Waals surface area contributed by atoms with Crippen LogP contribution in [0.15, 0.2) is 54.6 Å². The lowest BCUT2D eigenvalue weighted by Crippen LogP contribution is -2.41. The first-order valence-corrected chi connectivity index (χ1v) is 8.60. The van der Waals surface area contributed by atoms with Crippen LogP contribution in [0.25, 0.3) is 16.9 Å². The van der Waals surface area contributed by atoms with E-state index in [2.05, 4.69) is 10.4 Å². The summed E-state index contributed by atoms with van der Waals surface area (Å²) in [5, 5.41) is 7.54. The molecule has 3 rings (SSSR count). The first-order valence-electron chi connectivity index (χ1n) is 8.60. The van der Waals surface area contributed by atoms with E-state index in [0.717, 1.165) is 11.3 Å². The Morgan fingerprint density at radius 3 is 2.26 bits per heavy atom. The zero-order valence-corrected chi connectivity index (χ0v) is 15.8. The Morgan fingerprint density at radius 2 is 1.70 bits per heavy atom. The van der Waals surface area contributed by atoms with Crippen LogP contribution in [-0.4, -0.2) is 28.3 Å². The van der Waals surface area contributed by atoms with E-state index in [1.807, 2.05) is 32.9 Å². The zero-order chi connectivity index (χ0) is 19.6. The van der Waals surface area contributed by atoms with Gasteiger partial charge in [-0.25, -0.2) is 9.07 Å². The van der Waals surface area contributed by atoms with Crippen LogP contribution in [0.4, 0.5) is 4.39 Å². The molecule has 0 aliphatic heterocycles. The van der Waals surface area contributed by atoms with E-state index in [0.29, 0.717) is 17.1 Å². The number of amides is 1. The van der Waals surface area contributed by atoms with Crippen molar-refractivity contribution >= 4 is 5.91 Å². The molecule has 0 fully saturated rings. The number of hydrogen-bond donors (Lipinski definition) is 1. The molecule has 0 saturated heterocycles. The molecule has 0 unspecified atom stereocenters. The second-order valence-electron chi connectivity index (χ2n) is 7.24. The molecule has 0 aliphatic carbocycles. The van der Waals surface area contributed by atoms with Gasteiger partial charge in [-0.15, -0.1) is 0 Å². The van der Waals surface area contributed by atoms with Gasteiger partial charge in [0, 0.05) is 11.1 Å². The van der Waals surface area contributed by atoms with Gasteiger partial charge in [-0.1, -0.05) is 0 Å². The number of carbonyl (C=O) groups excluding carboxylic acids is 1. The van der Waals surface area contributed by atoms with Crippen LogP contribution in [-0.2, 0) is 0 Å². The fourth-order valence-electron chi connectivity index (χ4n) is 2.63. The molecule has 27 heavy (non-hydrogen) atoms. The van der Waals surface area contributed by atoms with E-state index in [1.54, 1.807) is 42.1 Å². The summed E-state index contributed by atoms with van der Waals surface area (Å²) in [4.78, 5) is 12.8. The Bertz CT molecular complexity index is 939. The molecule has 140 valence electrons. The highest BCUT2D eigenvalue weighted by atomic mass is 19.1. The minimum Gasteiger partial charge on any atom is -0.497 e. The predicted molar refractivity (Wildman–Crippen MR) is 103 cm³/mol. The van der Waals surface area contributed by atoms with Crippen molar-refractivity contribution < 1.29 is 13.9 Å². The van der Waals surface area contributed by atoms with E-state index in [1.165, 1.54) is 12.1 Å². The number of rotatable bonds is 4. The maximum atomic E-state index is 13.2. The monoisotopic (exact) mass is 367 g/mol.